The van der Waals surface area contributed by atoms with Crippen LogP contribution in [0.4, 0.5) is 11.4 Å². The summed E-state index contributed by atoms with van der Waals surface area (Å²) in [6, 6.07) is 7.86. The standard InChI is InChI=1S/C22H32N4O2/c1-25-13-15-26(16-14-25)20-9-7-19(8-10-20)24-22(28)17-21(27)23-12-11-18-5-3-2-4-6-18/h5,7-10H,2-4,6,11-17H2,1H3,(H,23,27)(H,24,28). The fourth-order valence-corrected chi connectivity index (χ4v) is 3.73. The molecule has 0 aromatic heterocycles. The molecule has 0 bridgehead atoms. The zero-order valence-corrected chi connectivity index (χ0v) is 16.9. The molecule has 6 nitrogen and oxygen atoms in total. The molecule has 1 aromatic rings. The Labute approximate surface area is 168 Å². The predicted molar refractivity (Wildman–Crippen MR) is 114 cm³/mol. The SMILES string of the molecule is CN1CCN(c2ccc(NC(=O)CC(=O)NCCC3=CCCCC3)cc2)CC1. The number of amides is 2. The van der Waals surface area contributed by atoms with Crippen LogP contribution >= 0.6 is 0 Å². The number of nitrogens with zero attached hydrogens (tertiary/aromatic N) is 2. The summed E-state index contributed by atoms with van der Waals surface area (Å²) < 4.78 is 0. The number of hydrogen-bond donors (Lipinski definition) is 2. The molecule has 1 aliphatic heterocycles. The lowest BCUT2D eigenvalue weighted by atomic mass is 9.97. The number of carbonyl (C=O) groups excluding carboxylic acids is 2. The number of hydrogen-bond acceptors (Lipinski definition) is 4. The topological polar surface area (TPSA) is 64.7 Å². The quantitative estimate of drug-likeness (QED) is 0.560. The van der Waals surface area contributed by atoms with Gasteiger partial charge in [-0.2, -0.15) is 0 Å². The molecule has 0 spiro atoms. The molecule has 1 heterocycles. The van der Waals surface area contributed by atoms with Gasteiger partial charge in [0.25, 0.3) is 0 Å². The highest BCUT2D eigenvalue weighted by atomic mass is 16.2. The number of rotatable bonds is 7. The molecule has 2 amide bonds. The maximum atomic E-state index is 12.1. The minimum absolute atomic E-state index is 0.140. The Morgan fingerprint density at radius 2 is 1.75 bits per heavy atom. The summed E-state index contributed by atoms with van der Waals surface area (Å²) in [5, 5.41) is 5.66. The number of nitrogens with one attached hydrogen (secondary N) is 2. The number of anilines is 2. The molecule has 0 radical (unpaired) electrons. The monoisotopic (exact) mass is 384 g/mol. The minimum Gasteiger partial charge on any atom is -0.369 e. The lowest BCUT2D eigenvalue weighted by molar-refractivity contribution is -0.126. The van der Waals surface area contributed by atoms with Gasteiger partial charge in [0, 0.05) is 44.1 Å². The molecule has 1 fully saturated rings. The molecular weight excluding hydrogens is 352 g/mol. The zero-order valence-electron chi connectivity index (χ0n) is 16.9. The second kappa shape index (κ2) is 10.3. The van der Waals surface area contributed by atoms with Crippen LogP contribution in [0.1, 0.15) is 38.5 Å². The first-order chi connectivity index (χ1) is 13.6. The van der Waals surface area contributed by atoms with Crippen LogP contribution in [0.25, 0.3) is 0 Å². The van der Waals surface area contributed by atoms with Crippen LogP contribution in [-0.4, -0.2) is 56.5 Å². The van der Waals surface area contributed by atoms with Crippen molar-refractivity contribution in [1.82, 2.24) is 10.2 Å². The van der Waals surface area contributed by atoms with E-state index in [-0.39, 0.29) is 18.2 Å². The van der Waals surface area contributed by atoms with E-state index in [9.17, 15) is 9.59 Å². The molecule has 2 N–H and O–H groups in total. The fourth-order valence-electron chi connectivity index (χ4n) is 3.73. The average molecular weight is 385 g/mol. The van der Waals surface area contributed by atoms with Crippen molar-refractivity contribution in [2.24, 2.45) is 0 Å². The van der Waals surface area contributed by atoms with E-state index in [1.807, 2.05) is 24.3 Å². The van der Waals surface area contributed by atoms with E-state index in [2.05, 4.69) is 33.6 Å². The first-order valence-corrected chi connectivity index (χ1v) is 10.4. The Bertz CT molecular complexity index is 691. The molecule has 6 heteroatoms. The predicted octanol–water partition coefficient (Wildman–Crippen LogP) is 2.77. The smallest absolute Gasteiger partial charge is 0.233 e. The first kappa shape index (κ1) is 20.4. The van der Waals surface area contributed by atoms with Crippen LogP contribution < -0.4 is 15.5 Å². The van der Waals surface area contributed by atoms with Gasteiger partial charge in [0.2, 0.25) is 11.8 Å². The van der Waals surface area contributed by atoms with Crippen LogP contribution in [0, 0.1) is 0 Å². The summed E-state index contributed by atoms with van der Waals surface area (Å²) in [4.78, 5) is 28.8. The van der Waals surface area contributed by atoms with E-state index < -0.39 is 0 Å². The molecule has 0 unspecified atom stereocenters. The molecule has 1 aliphatic carbocycles. The third-order valence-corrected chi connectivity index (χ3v) is 5.49. The highest BCUT2D eigenvalue weighted by Gasteiger charge is 2.14. The maximum Gasteiger partial charge on any atom is 0.233 e. The van der Waals surface area contributed by atoms with Crippen molar-refractivity contribution in [3.8, 4) is 0 Å². The second-order valence-electron chi connectivity index (χ2n) is 7.77. The lowest BCUT2D eigenvalue weighted by Gasteiger charge is -2.34. The summed E-state index contributed by atoms with van der Waals surface area (Å²) in [5.41, 5.74) is 3.32. The molecule has 0 atom stereocenters. The Morgan fingerprint density at radius 3 is 2.43 bits per heavy atom. The molecule has 2 aliphatic rings. The minimum atomic E-state index is -0.276. The van der Waals surface area contributed by atoms with Crippen LogP contribution in [0.15, 0.2) is 35.9 Å². The highest BCUT2D eigenvalue weighted by Crippen LogP contribution is 2.20. The molecule has 0 saturated carbocycles. The van der Waals surface area contributed by atoms with Gasteiger partial charge < -0.3 is 20.4 Å². The van der Waals surface area contributed by atoms with E-state index >= 15 is 0 Å². The number of piperazine rings is 1. The van der Waals surface area contributed by atoms with Crippen molar-refractivity contribution in [1.29, 1.82) is 0 Å². The Morgan fingerprint density at radius 1 is 1.00 bits per heavy atom. The molecular formula is C22H32N4O2. The van der Waals surface area contributed by atoms with Gasteiger partial charge in [-0.05, 0) is 63.4 Å². The van der Waals surface area contributed by atoms with Gasteiger partial charge in [-0.1, -0.05) is 11.6 Å². The molecule has 28 heavy (non-hydrogen) atoms. The number of benzene rings is 1. The van der Waals surface area contributed by atoms with Crippen molar-refractivity contribution in [3.05, 3.63) is 35.9 Å². The van der Waals surface area contributed by atoms with E-state index in [1.54, 1.807) is 0 Å². The van der Waals surface area contributed by atoms with Crippen molar-refractivity contribution in [2.45, 2.75) is 38.5 Å². The van der Waals surface area contributed by atoms with Crippen molar-refractivity contribution in [3.63, 3.8) is 0 Å². The molecule has 1 saturated heterocycles. The zero-order chi connectivity index (χ0) is 19.8. The summed E-state index contributed by atoms with van der Waals surface area (Å²) in [6.07, 6.45) is 7.84. The van der Waals surface area contributed by atoms with E-state index in [1.165, 1.54) is 24.1 Å². The molecule has 152 valence electrons. The lowest BCUT2D eigenvalue weighted by Crippen LogP contribution is -2.44. The summed E-state index contributed by atoms with van der Waals surface area (Å²) in [6.45, 7) is 4.76. The normalized spacial score (nSPS) is 17.8. The van der Waals surface area contributed by atoms with Gasteiger partial charge in [-0.3, -0.25) is 9.59 Å². The van der Waals surface area contributed by atoms with Crippen LogP contribution in [-0.2, 0) is 9.59 Å². The molecule has 1 aromatic carbocycles. The summed E-state index contributed by atoms with van der Waals surface area (Å²) >= 11 is 0. The summed E-state index contributed by atoms with van der Waals surface area (Å²) in [7, 11) is 2.14. The van der Waals surface area contributed by atoms with Gasteiger partial charge in [0.15, 0.2) is 0 Å². The van der Waals surface area contributed by atoms with Gasteiger partial charge >= 0.3 is 0 Å². The summed E-state index contributed by atoms with van der Waals surface area (Å²) in [5.74, 6) is -0.496. The van der Waals surface area contributed by atoms with Crippen LogP contribution in [0.5, 0.6) is 0 Å². The van der Waals surface area contributed by atoms with Gasteiger partial charge in [0.1, 0.15) is 6.42 Å². The fraction of sp³-hybridized carbons (Fsp3) is 0.545. The van der Waals surface area contributed by atoms with Crippen LogP contribution in [0.2, 0.25) is 0 Å². The first-order valence-electron chi connectivity index (χ1n) is 10.4. The number of carbonyl (C=O) groups is 2. The van der Waals surface area contributed by atoms with E-state index in [0.717, 1.165) is 51.1 Å². The van der Waals surface area contributed by atoms with Crippen molar-refractivity contribution in [2.75, 3.05) is 50.0 Å². The van der Waals surface area contributed by atoms with Crippen LogP contribution in [0.3, 0.4) is 0 Å². The van der Waals surface area contributed by atoms with E-state index in [0.29, 0.717) is 6.54 Å². The van der Waals surface area contributed by atoms with Gasteiger partial charge in [-0.25, -0.2) is 0 Å². The Hall–Kier alpha value is -2.34. The largest absolute Gasteiger partial charge is 0.369 e. The van der Waals surface area contributed by atoms with Gasteiger partial charge in [0.05, 0.1) is 0 Å². The Kier molecular flexibility index (Phi) is 7.48. The third-order valence-electron chi connectivity index (χ3n) is 5.49. The highest BCUT2D eigenvalue weighted by molar-refractivity contribution is 6.03. The average Bonchev–Trinajstić information content (AvgIpc) is 2.70. The number of allylic oxidation sites excluding steroid dienone is 1. The molecule has 3 rings (SSSR count). The van der Waals surface area contributed by atoms with Gasteiger partial charge in [-0.15, -0.1) is 0 Å². The Balaban J connectivity index is 1.38. The van der Waals surface area contributed by atoms with Crippen molar-refractivity contribution >= 4 is 23.2 Å². The second-order valence-corrected chi connectivity index (χ2v) is 7.77. The maximum absolute atomic E-state index is 12.1. The number of likely N-dealkylation sites (N-methyl/N-ethyl adjacent to an activating group) is 1. The van der Waals surface area contributed by atoms with Crippen molar-refractivity contribution < 1.29 is 9.59 Å². The van der Waals surface area contributed by atoms with E-state index in [4.69, 9.17) is 0 Å². The third kappa shape index (κ3) is 6.37.